The average molecular weight is 432 g/mol. The summed E-state index contributed by atoms with van der Waals surface area (Å²) in [7, 11) is 1.34. The molecule has 2 aromatic rings. The first-order chi connectivity index (χ1) is 13.0. The van der Waals surface area contributed by atoms with E-state index in [1.807, 2.05) is 31.2 Å². The van der Waals surface area contributed by atoms with Gasteiger partial charge in [-0.3, -0.25) is 4.79 Å². The van der Waals surface area contributed by atoms with Crippen LogP contribution in [0.1, 0.15) is 34.3 Å². The van der Waals surface area contributed by atoms with E-state index in [4.69, 9.17) is 9.47 Å². The van der Waals surface area contributed by atoms with Gasteiger partial charge in [0.15, 0.2) is 0 Å². The van der Waals surface area contributed by atoms with Gasteiger partial charge in [-0.05, 0) is 55.2 Å². The topological polar surface area (TPSA) is 64.6 Å². The van der Waals surface area contributed by atoms with E-state index in [0.717, 1.165) is 15.6 Å². The predicted octanol–water partition coefficient (Wildman–Crippen LogP) is 4.23. The number of halogens is 1. The van der Waals surface area contributed by atoms with E-state index in [9.17, 15) is 9.59 Å². The molecule has 0 unspecified atom stereocenters. The Labute approximate surface area is 167 Å². The molecule has 27 heavy (non-hydrogen) atoms. The Hall–Kier alpha value is -2.18. The highest BCUT2D eigenvalue weighted by atomic mass is 79.9. The molecule has 142 valence electrons. The molecular formula is C21H22BrNO4. The lowest BCUT2D eigenvalue weighted by Crippen LogP contribution is -2.45. The van der Waals surface area contributed by atoms with Crippen LogP contribution in [0.3, 0.4) is 0 Å². The molecule has 6 heteroatoms. The number of ether oxygens (including phenoxy) is 2. The van der Waals surface area contributed by atoms with Crippen molar-refractivity contribution >= 4 is 33.5 Å². The van der Waals surface area contributed by atoms with Crippen LogP contribution in [0.5, 0.6) is 0 Å². The molecule has 1 N–H and O–H groups in total. The summed E-state index contributed by atoms with van der Waals surface area (Å²) in [6.07, 6.45) is 1.21. The first-order valence-corrected chi connectivity index (χ1v) is 9.60. The number of carbonyl (C=O) groups is 2. The van der Waals surface area contributed by atoms with Crippen molar-refractivity contribution in [3.05, 3.63) is 63.6 Å². The molecule has 2 aromatic carbocycles. The van der Waals surface area contributed by atoms with Gasteiger partial charge in [-0.25, -0.2) is 4.79 Å². The maximum atomic E-state index is 13.4. The molecule has 1 heterocycles. The van der Waals surface area contributed by atoms with Crippen LogP contribution in [0.15, 0.2) is 46.9 Å². The SMILES string of the molecule is COC(=O)c1ccc(C)c(NC(=O)C2(c3ccc(Br)cc3)CCOCC2)c1. The number of carbonyl (C=O) groups excluding carboxylic acids is 2. The lowest BCUT2D eigenvalue weighted by Gasteiger charge is -2.36. The molecule has 3 rings (SSSR count). The van der Waals surface area contributed by atoms with E-state index in [1.165, 1.54) is 7.11 Å². The molecule has 0 bridgehead atoms. The standard InChI is InChI=1S/C21H22BrNO4/c1-14-3-4-15(19(24)26-2)13-18(14)23-20(25)21(9-11-27-12-10-21)16-5-7-17(22)8-6-16/h3-8,13H,9-12H2,1-2H3,(H,23,25). The summed E-state index contributed by atoms with van der Waals surface area (Å²) in [6.45, 7) is 2.96. The Kier molecular flexibility index (Phi) is 5.97. The molecule has 1 aliphatic rings. The zero-order valence-corrected chi connectivity index (χ0v) is 17.0. The van der Waals surface area contributed by atoms with Crippen molar-refractivity contribution in [2.45, 2.75) is 25.2 Å². The van der Waals surface area contributed by atoms with E-state index in [2.05, 4.69) is 21.2 Å². The number of anilines is 1. The summed E-state index contributed by atoms with van der Waals surface area (Å²) in [6, 6.07) is 13.0. The summed E-state index contributed by atoms with van der Waals surface area (Å²) in [4.78, 5) is 25.2. The van der Waals surface area contributed by atoms with Crippen molar-refractivity contribution in [3.8, 4) is 0 Å². The summed E-state index contributed by atoms with van der Waals surface area (Å²) in [5.74, 6) is -0.516. The second-order valence-electron chi connectivity index (χ2n) is 6.68. The van der Waals surface area contributed by atoms with Crippen LogP contribution in [0, 0.1) is 6.92 Å². The summed E-state index contributed by atoms with van der Waals surface area (Å²) in [5, 5.41) is 3.04. The van der Waals surface area contributed by atoms with Crippen molar-refractivity contribution in [1.82, 2.24) is 0 Å². The minimum Gasteiger partial charge on any atom is -0.465 e. The third-order valence-corrected chi connectivity index (χ3v) is 5.61. The second kappa shape index (κ2) is 8.23. The molecular weight excluding hydrogens is 410 g/mol. The van der Waals surface area contributed by atoms with Crippen LogP contribution >= 0.6 is 15.9 Å². The van der Waals surface area contributed by atoms with E-state index in [0.29, 0.717) is 37.3 Å². The number of nitrogens with one attached hydrogen (secondary N) is 1. The number of hydrogen-bond acceptors (Lipinski definition) is 4. The van der Waals surface area contributed by atoms with Gasteiger partial charge < -0.3 is 14.8 Å². The molecule has 1 aliphatic heterocycles. The Morgan fingerprint density at radius 2 is 1.78 bits per heavy atom. The molecule has 0 saturated carbocycles. The van der Waals surface area contributed by atoms with Crippen molar-refractivity contribution < 1.29 is 19.1 Å². The van der Waals surface area contributed by atoms with E-state index in [-0.39, 0.29) is 5.91 Å². The fourth-order valence-electron chi connectivity index (χ4n) is 3.38. The zero-order valence-electron chi connectivity index (χ0n) is 15.4. The number of esters is 1. The van der Waals surface area contributed by atoms with Crippen LogP contribution in [0.2, 0.25) is 0 Å². The first-order valence-electron chi connectivity index (χ1n) is 8.80. The van der Waals surface area contributed by atoms with Gasteiger partial charge in [0.1, 0.15) is 0 Å². The Morgan fingerprint density at radius 3 is 2.41 bits per heavy atom. The summed E-state index contributed by atoms with van der Waals surface area (Å²) in [5.41, 5.74) is 2.21. The molecule has 1 fully saturated rings. The third-order valence-electron chi connectivity index (χ3n) is 5.08. The number of amides is 1. The Bertz CT molecular complexity index is 842. The number of rotatable bonds is 4. The molecule has 1 amide bonds. The van der Waals surface area contributed by atoms with Crippen LogP contribution in [-0.4, -0.2) is 32.2 Å². The van der Waals surface area contributed by atoms with Gasteiger partial charge in [0.05, 0.1) is 18.1 Å². The lowest BCUT2D eigenvalue weighted by molar-refractivity contribution is -0.125. The maximum Gasteiger partial charge on any atom is 0.337 e. The summed E-state index contributed by atoms with van der Waals surface area (Å²) < 4.78 is 11.3. The van der Waals surface area contributed by atoms with Gasteiger partial charge in [0.25, 0.3) is 0 Å². The highest BCUT2D eigenvalue weighted by molar-refractivity contribution is 9.10. The highest BCUT2D eigenvalue weighted by Crippen LogP contribution is 2.37. The fraction of sp³-hybridized carbons (Fsp3) is 0.333. The number of aryl methyl sites for hydroxylation is 1. The molecule has 0 atom stereocenters. The van der Waals surface area contributed by atoms with Crippen LogP contribution in [0.25, 0.3) is 0 Å². The molecule has 0 aromatic heterocycles. The van der Waals surface area contributed by atoms with Crippen molar-refractivity contribution in [2.24, 2.45) is 0 Å². The van der Waals surface area contributed by atoms with E-state index in [1.54, 1.807) is 18.2 Å². The van der Waals surface area contributed by atoms with Gasteiger partial charge in [-0.15, -0.1) is 0 Å². The van der Waals surface area contributed by atoms with Crippen LogP contribution in [0.4, 0.5) is 5.69 Å². The van der Waals surface area contributed by atoms with E-state index < -0.39 is 11.4 Å². The largest absolute Gasteiger partial charge is 0.465 e. The summed E-state index contributed by atoms with van der Waals surface area (Å²) >= 11 is 3.45. The Balaban J connectivity index is 1.94. The van der Waals surface area contributed by atoms with Gasteiger partial charge in [0, 0.05) is 23.4 Å². The van der Waals surface area contributed by atoms with Gasteiger partial charge in [-0.1, -0.05) is 34.1 Å². The fourth-order valence-corrected chi connectivity index (χ4v) is 3.64. The van der Waals surface area contributed by atoms with Crippen LogP contribution < -0.4 is 5.32 Å². The molecule has 0 radical (unpaired) electrons. The zero-order chi connectivity index (χ0) is 19.4. The van der Waals surface area contributed by atoms with E-state index >= 15 is 0 Å². The highest BCUT2D eigenvalue weighted by Gasteiger charge is 2.41. The third kappa shape index (κ3) is 4.06. The van der Waals surface area contributed by atoms with Crippen molar-refractivity contribution in [3.63, 3.8) is 0 Å². The quantitative estimate of drug-likeness (QED) is 0.735. The monoisotopic (exact) mass is 431 g/mol. The predicted molar refractivity (Wildman–Crippen MR) is 107 cm³/mol. The normalized spacial score (nSPS) is 15.8. The lowest BCUT2D eigenvalue weighted by atomic mass is 9.73. The smallest absolute Gasteiger partial charge is 0.337 e. The number of hydrogen-bond donors (Lipinski definition) is 1. The first kappa shape index (κ1) is 19.6. The average Bonchev–Trinajstić information content (AvgIpc) is 2.70. The Morgan fingerprint density at radius 1 is 1.11 bits per heavy atom. The molecule has 0 spiro atoms. The maximum absolute atomic E-state index is 13.4. The number of methoxy groups -OCH3 is 1. The van der Waals surface area contributed by atoms with Crippen molar-refractivity contribution in [1.29, 1.82) is 0 Å². The number of benzene rings is 2. The minimum atomic E-state index is -0.660. The molecule has 1 saturated heterocycles. The van der Waals surface area contributed by atoms with Gasteiger partial charge >= 0.3 is 5.97 Å². The van der Waals surface area contributed by atoms with Crippen molar-refractivity contribution in [2.75, 3.05) is 25.6 Å². The second-order valence-corrected chi connectivity index (χ2v) is 7.59. The minimum absolute atomic E-state index is 0.0850. The van der Waals surface area contributed by atoms with Gasteiger partial charge in [-0.2, -0.15) is 0 Å². The van der Waals surface area contributed by atoms with Crippen LogP contribution in [-0.2, 0) is 19.7 Å². The molecule has 5 nitrogen and oxygen atoms in total. The van der Waals surface area contributed by atoms with Gasteiger partial charge in [0.2, 0.25) is 5.91 Å². The molecule has 0 aliphatic carbocycles.